The molecular weight excluding hydrogens is 290 g/mol. The third-order valence-corrected chi connectivity index (χ3v) is 2.70. The van der Waals surface area contributed by atoms with Gasteiger partial charge in [0.25, 0.3) is 0 Å². The summed E-state index contributed by atoms with van der Waals surface area (Å²) in [6, 6.07) is 4.59. The highest BCUT2D eigenvalue weighted by Gasteiger charge is 2.17. The fourth-order valence-electron chi connectivity index (χ4n) is 1.62. The van der Waals surface area contributed by atoms with Crippen LogP contribution in [0.5, 0.6) is 0 Å². The predicted molar refractivity (Wildman–Crippen MR) is 66.2 cm³/mol. The highest BCUT2D eigenvalue weighted by atomic mass is 19.2. The molecule has 0 spiro atoms. The van der Waals surface area contributed by atoms with Gasteiger partial charge in [0.1, 0.15) is 6.61 Å². The quantitative estimate of drug-likeness (QED) is 0.538. The van der Waals surface area contributed by atoms with Crippen molar-refractivity contribution in [2.45, 2.75) is 6.61 Å². The van der Waals surface area contributed by atoms with Crippen molar-refractivity contribution in [2.75, 3.05) is 5.73 Å². The molecule has 2 rings (SSSR count). The first-order chi connectivity index (χ1) is 9.90. The Bertz CT molecular complexity index is 704. The Balaban J connectivity index is 2.16. The standard InChI is InChI=1S/C14H9F4NO2/c15-9-3-1-2-7(13(9)18)6-21-14(20)8-4-10(16)11(17)5-12(8)19/h1-5H,6,19H2. The van der Waals surface area contributed by atoms with Gasteiger partial charge in [0.2, 0.25) is 0 Å². The van der Waals surface area contributed by atoms with Gasteiger partial charge < -0.3 is 10.5 Å². The first kappa shape index (κ1) is 14.8. The maximum Gasteiger partial charge on any atom is 0.340 e. The second-order valence-corrected chi connectivity index (χ2v) is 4.14. The van der Waals surface area contributed by atoms with E-state index in [1.807, 2.05) is 0 Å². The van der Waals surface area contributed by atoms with E-state index in [9.17, 15) is 22.4 Å². The Morgan fingerprint density at radius 3 is 2.43 bits per heavy atom. The number of hydrogen-bond donors (Lipinski definition) is 1. The molecule has 2 N–H and O–H groups in total. The van der Waals surface area contributed by atoms with E-state index in [2.05, 4.69) is 0 Å². The SMILES string of the molecule is Nc1cc(F)c(F)cc1C(=O)OCc1cccc(F)c1F. The second kappa shape index (κ2) is 5.82. The molecule has 2 aromatic rings. The summed E-state index contributed by atoms with van der Waals surface area (Å²) in [6.07, 6.45) is 0. The minimum absolute atomic E-state index is 0.190. The molecule has 0 saturated heterocycles. The van der Waals surface area contributed by atoms with Crippen molar-refractivity contribution >= 4 is 11.7 Å². The number of anilines is 1. The average Bonchev–Trinajstić information content (AvgIpc) is 2.44. The number of carbonyl (C=O) groups excluding carboxylic acids is 1. The van der Waals surface area contributed by atoms with Gasteiger partial charge in [-0.05, 0) is 12.1 Å². The Labute approximate surface area is 116 Å². The lowest BCUT2D eigenvalue weighted by atomic mass is 10.1. The number of ether oxygens (including phenoxy) is 1. The van der Waals surface area contributed by atoms with Crippen molar-refractivity contribution in [1.82, 2.24) is 0 Å². The zero-order valence-electron chi connectivity index (χ0n) is 10.5. The number of benzene rings is 2. The number of carbonyl (C=O) groups is 1. The number of halogens is 4. The molecule has 0 saturated carbocycles. The van der Waals surface area contributed by atoms with E-state index in [1.165, 1.54) is 12.1 Å². The van der Waals surface area contributed by atoms with Gasteiger partial charge in [-0.15, -0.1) is 0 Å². The van der Waals surface area contributed by atoms with Crippen molar-refractivity contribution in [2.24, 2.45) is 0 Å². The smallest absolute Gasteiger partial charge is 0.340 e. The van der Waals surface area contributed by atoms with Gasteiger partial charge in [-0.3, -0.25) is 0 Å². The summed E-state index contributed by atoms with van der Waals surface area (Å²) >= 11 is 0. The maximum atomic E-state index is 13.4. The van der Waals surface area contributed by atoms with Gasteiger partial charge in [-0.2, -0.15) is 0 Å². The van der Waals surface area contributed by atoms with E-state index in [4.69, 9.17) is 10.5 Å². The first-order valence-electron chi connectivity index (χ1n) is 5.74. The Hall–Kier alpha value is -2.57. The molecule has 0 atom stereocenters. The minimum atomic E-state index is -1.27. The molecule has 0 aliphatic heterocycles. The summed E-state index contributed by atoms with van der Waals surface area (Å²) in [5, 5.41) is 0. The Morgan fingerprint density at radius 2 is 1.71 bits per heavy atom. The minimum Gasteiger partial charge on any atom is -0.457 e. The maximum absolute atomic E-state index is 13.4. The van der Waals surface area contributed by atoms with Gasteiger partial charge in [-0.25, -0.2) is 22.4 Å². The fraction of sp³-hybridized carbons (Fsp3) is 0.0714. The lowest BCUT2D eigenvalue weighted by molar-refractivity contribution is 0.0468. The highest BCUT2D eigenvalue weighted by molar-refractivity contribution is 5.95. The monoisotopic (exact) mass is 299 g/mol. The van der Waals surface area contributed by atoms with E-state index in [0.29, 0.717) is 12.1 Å². The van der Waals surface area contributed by atoms with E-state index in [0.717, 1.165) is 6.07 Å². The van der Waals surface area contributed by atoms with Crippen LogP contribution in [0.2, 0.25) is 0 Å². The number of nitrogens with two attached hydrogens (primary N) is 1. The summed E-state index contributed by atoms with van der Waals surface area (Å²) < 4.78 is 56.9. The molecular formula is C14H9F4NO2. The van der Waals surface area contributed by atoms with Gasteiger partial charge in [0.15, 0.2) is 23.3 Å². The number of hydrogen-bond acceptors (Lipinski definition) is 3. The molecule has 0 aliphatic rings. The van der Waals surface area contributed by atoms with Gasteiger partial charge in [-0.1, -0.05) is 12.1 Å². The molecule has 2 aromatic carbocycles. The molecule has 21 heavy (non-hydrogen) atoms. The molecule has 0 amide bonds. The molecule has 0 bridgehead atoms. The predicted octanol–water partition coefficient (Wildman–Crippen LogP) is 3.18. The van der Waals surface area contributed by atoms with Crippen molar-refractivity contribution in [3.63, 3.8) is 0 Å². The van der Waals surface area contributed by atoms with Crippen LogP contribution in [-0.2, 0) is 11.3 Å². The molecule has 7 heteroatoms. The molecule has 0 unspecified atom stereocenters. The number of rotatable bonds is 3. The highest BCUT2D eigenvalue weighted by Crippen LogP contribution is 2.19. The molecule has 0 aromatic heterocycles. The van der Waals surface area contributed by atoms with Crippen molar-refractivity contribution in [3.05, 3.63) is 64.7 Å². The summed E-state index contributed by atoms with van der Waals surface area (Å²) in [5.74, 6) is -5.79. The summed E-state index contributed by atoms with van der Waals surface area (Å²) in [7, 11) is 0. The topological polar surface area (TPSA) is 52.3 Å². The van der Waals surface area contributed by atoms with Gasteiger partial charge in [0, 0.05) is 17.3 Å². The summed E-state index contributed by atoms with van der Waals surface area (Å²) in [6.45, 7) is -0.569. The van der Waals surface area contributed by atoms with Crippen molar-refractivity contribution in [3.8, 4) is 0 Å². The molecule has 0 heterocycles. The third kappa shape index (κ3) is 3.13. The second-order valence-electron chi connectivity index (χ2n) is 4.14. The lowest BCUT2D eigenvalue weighted by Crippen LogP contribution is -2.10. The van der Waals surface area contributed by atoms with Gasteiger partial charge in [0.05, 0.1) is 5.56 Å². The lowest BCUT2D eigenvalue weighted by Gasteiger charge is -2.08. The third-order valence-electron chi connectivity index (χ3n) is 2.70. The average molecular weight is 299 g/mol. The first-order valence-corrected chi connectivity index (χ1v) is 5.74. The van der Waals surface area contributed by atoms with E-state index in [1.54, 1.807) is 0 Å². The molecule has 0 aliphatic carbocycles. The largest absolute Gasteiger partial charge is 0.457 e. The Kier molecular flexibility index (Phi) is 4.11. The van der Waals surface area contributed by atoms with Crippen molar-refractivity contribution < 1.29 is 27.1 Å². The van der Waals surface area contributed by atoms with Crippen molar-refractivity contribution in [1.29, 1.82) is 0 Å². The van der Waals surface area contributed by atoms with Crippen LogP contribution >= 0.6 is 0 Å². The number of nitrogen functional groups attached to an aromatic ring is 1. The van der Waals surface area contributed by atoms with Crippen LogP contribution in [0.4, 0.5) is 23.2 Å². The van der Waals surface area contributed by atoms with Crippen LogP contribution in [0.25, 0.3) is 0 Å². The zero-order valence-corrected chi connectivity index (χ0v) is 10.5. The van der Waals surface area contributed by atoms with E-state index < -0.39 is 41.4 Å². The van der Waals surface area contributed by atoms with Crippen LogP contribution < -0.4 is 5.73 Å². The zero-order chi connectivity index (χ0) is 15.6. The normalized spacial score (nSPS) is 10.5. The summed E-state index contributed by atoms with van der Waals surface area (Å²) in [4.78, 5) is 11.7. The van der Waals surface area contributed by atoms with Crippen LogP contribution in [0.1, 0.15) is 15.9 Å². The van der Waals surface area contributed by atoms with E-state index in [-0.39, 0.29) is 11.3 Å². The molecule has 0 fully saturated rings. The van der Waals surface area contributed by atoms with Crippen LogP contribution in [0, 0.1) is 23.3 Å². The van der Waals surface area contributed by atoms with Gasteiger partial charge >= 0.3 is 5.97 Å². The molecule has 3 nitrogen and oxygen atoms in total. The molecule has 0 radical (unpaired) electrons. The molecule has 110 valence electrons. The fourth-order valence-corrected chi connectivity index (χ4v) is 1.62. The van der Waals surface area contributed by atoms with Crippen LogP contribution in [0.3, 0.4) is 0 Å². The van der Waals surface area contributed by atoms with E-state index >= 15 is 0 Å². The summed E-state index contributed by atoms with van der Waals surface area (Å²) in [5.41, 5.74) is 4.46. The number of esters is 1. The van der Waals surface area contributed by atoms with Crippen LogP contribution in [0.15, 0.2) is 30.3 Å². The van der Waals surface area contributed by atoms with Crippen LogP contribution in [-0.4, -0.2) is 5.97 Å². The Morgan fingerprint density at radius 1 is 1.05 bits per heavy atom.